The molecule has 2 rings (SSSR count). The highest BCUT2D eigenvalue weighted by Gasteiger charge is 2.20. The van der Waals surface area contributed by atoms with Crippen LogP contribution in [0, 0.1) is 0 Å². The molecule has 0 atom stereocenters. The summed E-state index contributed by atoms with van der Waals surface area (Å²) < 4.78 is 0. The molecule has 82 valence electrons. The maximum absolute atomic E-state index is 9.05. The first kappa shape index (κ1) is 10.8. The molecule has 6 heteroatoms. The molecule has 0 fully saturated rings. The molecule has 0 amide bonds. The van der Waals surface area contributed by atoms with Crippen molar-refractivity contribution in [3.8, 4) is 11.4 Å². The SMILES string of the molecule is O[B-](O)(O)c1cccc(-c2ccccn2)n1. The Morgan fingerprint density at radius 2 is 1.62 bits per heavy atom. The van der Waals surface area contributed by atoms with Crippen molar-refractivity contribution in [2.24, 2.45) is 0 Å². The molecule has 0 aromatic carbocycles. The second-order valence-electron chi connectivity index (χ2n) is 3.40. The monoisotopic (exact) mass is 217 g/mol. The summed E-state index contributed by atoms with van der Waals surface area (Å²) in [6.07, 6.45) is 1.61. The molecule has 0 radical (unpaired) electrons. The van der Waals surface area contributed by atoms with Crippen LogP contribution in [0.15, 0.2) is 42.6 Å². The standard InChI is InChI=1S/C10H10BN2O3/c14-11(15,16)10-6-3-5-9(13-10)8-4-1-2-7-12-8/h1-7,14-16H/q-1. The van der Waals surface area contributed by atoms with Crippen molar-refractivity contribution in [3.63, 3.8) is 0 Å². The molecule has 2 aromatic rings. The summed E-state index contributed by atoms with van der Waals surface area (Å²) >= 11 is 0. The molecule has 3 N–H and O–H groups in total. The van der Waals surface area contributed by atoms with Crippen molar-refractivity contribution in [2.75, 3.05) is 0 Å². The van der Waals surface area contributed by atoms with E-state index in [9.17, 15) is 0 Å². The lowest BCUT2D eigenvalue weighted by Gasteiger charge is -2.20. The van der Waals surface area contributed by atoms with Gasteiger partial charge in [-0.15, -0.1) is 0 Å². The third-order valence-electron chi connectivity index (χ3n) is 2.09. The third-order valence-corrected chi connectivity index (χ3v) is 2.09. The fourth-order valence-electron chi connectivity index (χ4n) is 1.32. The van der Waals surface area contributed by atoms with Gasteiger partial charge in [0.05, 0.1) is 11.4 Å². The van der Waals surface area contributed by atoms with Gasteiger partial charge in [0.25, 0.3) is 0 Å². The van der Waals surface area contributed by atoms with E-state index in [1.807, 2.05) is 0 Å². The van der Waals surface area contributed by atoms with Crippen molar-refractivity contribution >= 4 is 12.3 Å². The minimum absolute atomic E-state index is 0.178. The van der Waals surface area contributed by atoms with Gasteiger partial charge in [0, 0.05) is 6.20 Å². The Kier molecular flexibility index (Phi) is 2.70. The molecule has 0 aliphatic heterocycles. The maximum atomic E-state index is 9.05. The van der Waals surface area contributed by atoms with Crippen molar-refractivity contribution in [1.82, 2.24) is 9.97 Å². The predicted molar refractivity (Wildman–Crippen MR) is 59.5 cm³/mol. The quantitative estimate of drug-likeness (QED) is 0.577. The molecular weight excluding hydrogens is 207 g/mol. The lowest BCUT2D eigenvalue weighted by Crippen LogP contribution is -2.50. The Morgan fingerprint density at radius 1 is 0.875 bits per heavy atom. The van der Waals surface area contributed by atoms with E-state index in [4.69, 9.17) is 15.1 Å². The average Bonchev–Trinajstić information content (AvgIpc) is 2.29. The Labute approximate surface area is 92.1 Å². The summed E-state index contributed by atoms with van der Waals surface area (Å²) in [5.41, 5.74) is 0.897. The van der Waals surface area contributed by atoms with Gasteiger partial charge in [-0.25, -0.2) is 0 Å². The molecule has 2 aromatic heterocycles. The summed E-state index contributed by atoms with van der Waals surface area (Å²) in [6, 6.07) is 9.90. The smallest absolute Gasteiger partial charge is 0.420 e. The van der Waals surface area contributed by atoms with Gasteiger partial charge in [-0.3, -0.25) is 9.97 Å². The number of hydrogen-bond acceptors (Lipinski definition) is 5. The zero-order chi connectivity index (χ0) is 11.6. The molecule has 0 aliphatic rings. The van der Waals surface area contributed by atoms with Crippen molar-refractivity contribution < 1.29 is 15.1 Å². The lowest BCUT2D eigenvalue weighted by atomic mass is 9.75. The van der Waals surface area contributed by atoms with E-state index in [0.717, 1.165) is 0 Å². The molecule has 0 aliphatic carbocycles. The Hall–Kier alpha value is -1.76. The van der Waals surface area contributed by atoms with Crippen LogP contribution in [-0.4, -0.2) is 31.8 Å². The summed E-state index contributed by atoms with van der Waals surface area (Å²) in [4.78, 5) is 8.00. The summed E-state index contributed by atoms with van der Waals surface area (Å²) in [5.74, 6) is 0. The summed E-state index contributed by atoms with van der Waals surface area (Å²) in [6.45, 7) is -3.56. The van der Waals surface area contributed by atoms with Crippen LogP contribution in [-0.2, 0) is 0 Å². The highest BCUT2D eigenvalue weighted by molar-refractivity contribution is 6.70. The van der Waals surface area contributed by atoms with Crippen LogP contribution in [0.1, 0.15) is 0 Å². The molecular formula is C10H10BN2O3-. The van der Waals surface area contributed by atoms with Crippen LogP contribution in [0.5, 0.6) is 0 Å². The van der Waals surface area contributed by atoms with E-state index >= 15 is 0 Å². The van der Waals surface area contributed by atoms with Gasteiger partial charge in [-0.1, -0.05) is 18.2 Å². The van der Waals surface area contributed by atoms with Crippen molar-refractivity contribution in [2.45, 2.75) is 0 Å². The number of rotatable bonds is 2. The second-order valence-corrected chi connectivity index (χ2v) is 3.40. The second kappa shape index (κ2) is 4.01. The summed E-state index contributed by atoms with van der Waals surface area (Å²) in [7, 11) is 0. The van der Waals surface area contributed by atoms with Crippen LogP contribution >= 0.6 is 0 Å². The van der Waals surface area contributed by atoms with Crippen LogP contribution in [0.25, 0.3) is 11.4 Å². The largest absolute Gasteiger partial charge is 0.555 e. The summed E-state index contributed by atoms with van der Waals surface area (Å²) in [5, 5.41) is 27.2. The number of hydrogen-bond donors (Lipinski definition) is 3. The van der Waals surface area contributed by atoms with Crippen LogP contribution in [0.3, 0.4) is 0 Å². The maximum Gasteiger partial charge on any atom is 0.420 e. The van der Waals surface area contributed by atoms with Gasteiger partial charge in [0.2, 0.25) is 0 Å². The lowest BCUT2D eigenvalue weighted by molar-refractivity contribution is 0.248. The first-order valence-electron chi connectivity index (χ1n) is 4.77. The van der Waals surface area contributed by atoms with E-state index in [0.29, 0.717) is 11.4 Å². The molecule has 16 heavy (non-hydrogen) atoms. The molecule has 0 saturated heterocycles. The minimum atomic E-state index is -3.56. The first-order chi connectivity index (χ1) is 7.57. The molecule has 0 bridgehead atoms. The normalized spacial score (nSPS) is 11.4. The topological polar surface area (TPSA) is 86.5 Å². The van der Waals surface area contributed by atoms with Crippen LogP contribution < -0.4 is 5.59 Å². The van der Waals surface area contributed by atoms with Crippen LogP contribution in [0.2, 0.25) is 0 Å². The van der Waals surface area contributed by atoms with Gasteiger partial charge < -0.3 is 15.1 Å². The fourth-order valence-corrected chi connectivity index (χ4v) is 1.32. The number of pyridine rings is 2. The molecule has 0 saturated carbocycles. The number of nitrogens with zero attached hydrogens (tertiary/aromatic N) is 2. The Bertz CT molecular complexity index is 485. The van der Waals surface area contributed by atoms with Gasteiger partial charge in [0.15, 0.2) is 0 Å². The van der Waals surface area contributed by atoms with Gasteiger partial charge in [-0.05, 0) is 23.8 Å². The van der Waals surface area contributed by atoms with E-state index in [1.165, 1.54) is 6.07 Å². The van der Waals surface area contributed by atoms with Crippen LogP contribution in [0.4, 0.5) is 0 Å². The minimum Gasteiger partial charge on any atom is -0.555 e. The zero-order valence-electron chi connectivity index (χ0n) is 8.35. The third kappa shape index (κ3) is 2.25. The molecule has 5 nitrogen and oxygen atoms in total. The average molecular weight is 217 g/mol. The highest BCUT2D eigenvalue weighted by Crippen LogP contribution is 2.11. The Balaban J connectivity index is 2.45. The predicted octanol–water partition coefficient (Wildman–Crippen LogP) is -0.734. The van der Waals surface area contributed by atoms with Crippen molar-refractivity contribution in [1.29, 1.82) is 0 Å². The Morgan fingerprint density at radius 3 is 2.25 bits per heavy atom. The van der Waals surface area contributed by atoms with Gasteiger partial charge >= 0.3 is 6.75 Å². The zero-order valence-corrected chi connectivity index (χ0v) is 8.35. The molecule has 2 heterocycles. The highest BCUT2D eigenvalue weighted by atomic mass is 16.5. The fraction of sp³-hybridized carbons (Fsp3) is 0. The molecule has 0 unspecified atom stereocenters. The van der Waals surface area contributed by atoms with Crippen molar-refractivity contribution in [3.05, 3.63) is 42.6 Å². The van der Waals surface area contributed by atoms with E-state index in [-0.39, 0.29) is 5.59 Å². The van der Waals surface area contributed by atoms with Gasteiger partial charge in [0.1, 0.15) is 0 Å². The first-order valence-corrected chi connectivity index (χ1v) is 4.77. The molecule has 0 spiro atoms. The van der Waals surface area contributed by atoms with E-state index in [1.54, 1.807) is 36.5 Å². The number of aromatic nitrogens is 2. The van der Waals surface area contributed by atoms with Gasteiger partial charge in [-0.2, -0.15) is 0 Å². The van der Waals surface area contributed by atoms with E-state index in [2.05, 4.69) is 9.97 Å². The van der Waals surface area contributed by atoms with E-state index < -0.39 is 6.75 Å².